The van der Waals surface area contributed by atoms with Crippen LogP contribution in [0.2, 0.25) is 0 Å². The summed E-state index contributed by atoms with van der Waals surface area (Å²) in [5, 5.41) is 0. The summed E-state index contributed by atoms with van der Waals surface area (Å²) >= 11 is 0. The van der Waals surface area contributed by atoms with Gasteiger partial charge in [-0.15, -0.1) is 12.3 Å². The Bertz CT molecular complexity index is 443. The van der Waals surface area contributed by atoms with E-state index >= 15 is 0 Å². The molecule has 24 heavy (non-hydrogen) atoms. The van der Waals surface area contributed by atoms with Crippen molar-refractivity contribution in [3.8, 4) is 12.3 Å². The Morgan fingerprint density at radius 1 is 1.25 bits per heavy atom. The number of terminal acetylenes is 1. The van der Waals surface area contributed by atoms with Gasteiger partial charge in [0.1, 0.15) is 6.61 Å². The van der Waals surface area contributed by atoms with Crippen LogP contribution in [0, 0.1) is 12.3 Å². The van der Waals surface area contributed by atoms with Crippen LogP contribution in [0.3, 0.4) is 0 Å². The van der Waals surface area contributed by atoms with E-state index in [1.54, 1.807) is 11.8 Å². The second-order valence-corrected chi connectivity index (χ2v) is 4.71. The molecule has 0 N–H and O–H groups in total. The Labute approximate surface area is 147 Å². The molecule has 0 aromatic heterocycles. The molecule has 0 spiro atoms. The van der Waals surface area contributed by atoms with Crippen molar-refractivity contribution in [3.05, 3.63) is 36.0 Å². The second kappa shape index (κ2) is 17.3. The van der Waals surface area contributed by atoms with Crippen LogP contribution in [0.15, 0.2) is 36.0 Å². The fourth-order valence-electron chi connectivity index (χ4n) is 1.47. The highest BCUT2D eigenvalue weighted by atomic mass is 16.7. The van der Waals surface area contributed by atoms with E-state index in [1.807, 2.05) is 51.2 Å². The molecule has 1 amide bonds. The van der Waals surface area contributed by atoms with Gasteiger partial charge in [0.2, 0.25) is 0 Å². The van der Waals surface area contributed by atoms with E-state index in [1.165, 1.54) is 14.2 Å². The third-order valence-electron chi connectivity index (χ3n) is 2.75. The first-order valence-electron chi connectivity index (χ1n) is 7.80. The van der Waals surface area contributed by atoms with Crippen molar-refractivity contribution in [2.75, 3.05) is 33.9 Å². The van der Waals surface area contributed by atoms with Gasteiger partial charge in [0, 0.05) is 20.8 Å². The molecule has 0 atom stereocenters. The molecule has 0 bridgehead atoms. The molecule has 0 aliphatic heterocycles. The molecule has 136 valence electrons. The zero-order valence-electron chi connectivity index (χ0n) is 15.7. The van der Waals surface area contributed by atoms with Gasteiger partial charge < -0.3 is 19.1 Å². The van der Waals surface area contributed by atoms with Crippen molar-refractivity contribution in [2.24, 2.45) is 0 Å². The van der Waals surface area contributed by atoms with E-state index in [0.29, 0.717) is 13.1 Å². The van der Waals surface area contributed by atoms with Gasteiger partial charge >= 0.3 is 6.09 Å². The van der Waals surface area contributed by atoms with Gasteiger partial charge in [-0.25, -0.2) is 4.79 Å². The van der Waals surface area contributed by atoms with Crippen LogP contribution in [0.1, 0.15) is 27.7 Å². The number of amides is 1. The van der Waals surface area contributed by atoms with Crippen LogP contribution in [0.4, 0.5) is 4.79 Å². The van der Waals surface area contributed by atoms with Crippen molar-refractivity contribution >= 4 is 6.09 Å². The van der Waals surface area contributed by atoms with Gasteiger partial charge in [-0.3, -0.25) is 0 Å². The molecule has 0 fully saturated rings. The number of allylic oxidation sites excluding steroid dienone is 5. The summed E-state index contributed by atoms with van der Waals surface area (Å²) in [7, 11) is 3.08. The first kappa shape index (κ1) is 24.2. The number of carbonyl (C=O) groups excluding carboxylic acids is 1. The Morgan fingerprint density at radius 2 is 1.83 bits per heavy atom. The molecular formula is C19H31NO4. The molecule has 0 radical (unpaired) electrons. The summed E-state index contributed by atoms with van der Waals surface area (Å²) in [6, 6.07) is 0. The molecule has 0 aliphatic carbocycles. The lowest BCUT2D eigenvalue weighted by atomic mass is 10.3. The lowest BCUT2D eigenvalue weighted by molar-refractivity contribution is -0.113. The van der Waals surface area contributed by atoms with E-state index in [-0.39, 0.29) is 12.7 Å². The summed E-state index contributed by atoms with van der Waals surface area (Å²) in [6.07, 6.45) is 13.4. The van der Waals surface area contributed by atoms with Gasteiger partial charge in [-0.2, -0.15) is 0 Å². The van der Waals surface area contributed by atoms with E-state index in [9.17, 15) is 4.79 Å². The highest BCUT2D eigenvalue weighted by Crippen LogP contribution is 2.02. The maximum Gasteiger partial charge on any atom is 0.410 e. The topological polar surface area (TPSA) is 48.0 Å². The molecule has 0 aliphatic rings. The summed E-state index contributed by atoms with van der Waals surface area (Å²) in [5.41, 5.74) is 0.968. The van der Waals surface area contributed by atoms with E-state index in [4.69, 9.17) is 14.2 Å². The normalized spacial score (nSPS) is 11.3. The number of nitrogens with zero attached hydrogens (tertiary/aromatic N) is 1. The fraction of sp³-hybridized carbons (Fsp3) is 0.526. The van der Waals surface area contributed by atoms with Gasteiger partial charge in [-0.05, 0) is 33.3 Å². The minimum Gasteiger partial charge on any atom is -0.445 e. The minimum atomic E-state index is -0.446. The number of hydrogen-bond donors (Lipinski definition) is 0. The molecule has 0 unspecified atom stereocenters. The average Bonchev–Trinajstić information content (AvgIpc) is 2.58. The van der Waals surface area contributed by atoms with Gasteiger partial charge in [0.15, 0.2) is 6.29 Å². The summed E-state index contributed by atoms with van der Waals surface area (Å²) in [6.45, 7) is 8.54. The van der Waals surface area contributed by atoms with E-state index in [0.717, 1.165) is 5.57 Å². The van der Waals surface area contributed by atoms with Crippen LogP contribution in [0.5, 0.6) is 0 Å². The number of methoxy groups -OCH3 is 2. The van der Waals surface area contributed by atoms with Gasteiger partial charge in [0.25, 0.3) is 0 Å². The van der Waals surface area contributed by atoms with Crippen LogP contribution in [-0.4, -0.2) is 51.2 Å². The molecule has 0 rings (SSSR count). The Kier molecular flexibility index (Phi) is 17.5. The van der Waals surface area contributed by atoms with E-state index < -0.39 is 6.29 Å². The van der Waals surface area contributed by atoms with Crippen molar-refractivity contribution < 1.29 is 19.0 Å². The number of ether oxygens (including phenoxy) is 3. The van der Waals surface area contributed by atoms with Crippen molar-refractivity contribution in [2.45, 2.75) is 34.0 Å². The monoisotopic (exact) mass is 337 g/mol. The Hall–Kier alpha value is -2.03. The summed E-state index contributed by atoms with van der Waals surface area (Å²) < 4.78 is 15.4. The number of carbonyl (C=O) groups is 1. The largest absolute Gasteiger partial charge is 0.445 e. The fourth-order valence-corrected chi connectivity index (χ4v) is 1.47. The Morgan fingerprint density at radius 3 is 2.29 bits per heavy atom. The number of likely N-dealkylation sites (N-methyl/N-ethyl adjacent to an activating group) is 1. The molecular weight excluding hydrogens is 306 g/mol. The third kappa shape index (κ3) is 13.6. The molecule has 5 heteroatoms. The first-order valence-corrected chi connectivity index (χ1v) is 7.80. The molecule has 5 nitrogen and oxygen atoms in total. The summed E-state index contributed by atoms with van der Waals surface area (Å²) in [5.74, 6) is 2.25. The molecule has 0 aromatic rings. The van der Waals surface area contributed by atoms with Crippen LogP contribution in [0.25, 0.3) is 0 Å². The lowest BCUT2D eigenvalue weighted by Gasteiger charge is -2.24. The maximum absolute atomic E-state index is 12.0. The predicted molar refractivity (Wildman–Crippen MR) is 98.6 cm³/mol. The van der Waals surface area contributed by atoms with Crippen molar-refractivity contribution in [1.29, 1.82) is 0 Å². The number of hydrogen-bond acceptors (Lipinski definition) is 4. The molecule has 0 saturated carbocycles. The van der Waals surface area contributed by atoms with Crippen LogP contribution < -0.4 is 0 Å². The summed E-state index contributed by atoms with van der Waals surface area (Å²) in [4.78, 5) is 13.5. The standard InChI is InChI=1S/C16H27NO4.C3H4/c1-6-8-9-10-11-14(3)13-21-16(18)17(7-2)12-15(19-4)20-5;1-3-2/h6,8-11,15H,7,12-13H2,1-5H3;1H,2H3/b8-6-,10-9-,14-11+;. The van der Waals surface area contributed by atoms with Crippen molar-refractivity contribution in [1.82, 2.24) is 4.90 Å². The average molecular weight is 337 g/mol. The third-order valence-corrected chi connectivity index (χ3v) is 2.75. The van der Waals surface area contributed by atoms with Crippen LogP contribution >= 0.6 is 0 Å². The van der Waals surface area contributed by atoms with Crippen LogP contribution in [-0.2, 0) is 14.2 Å². The highest BCUT2D eigenvalue weighted by molar-refractivity contribution is 5.67. The first-order chi connectivity index (χ1) is 11.5. The Balaban J connectivity index is 0. The van der Waals surface area contributed by atoms with E-state index in [2.05, 4.69) is 12.3 Å². The predicted octanol–water partition coefficient (Wildman–Crippen LogP) is 3.78. The lowest BCUT2D eigenvalue weighted by Crippen LogP contribution is -2.39. The number of rotatable bonds is 9. The van der Waals surface area contributed by atoms with Crippen molar-refractivity contribution in [3.63, 3.8) is 0 Å². The maximum atomic E-state index is 12.0. The van der Waals surface area contributed by atoms with Gasteiger partial charge in [0.05, 0.1) is 6.54 Å². The molecule has 0 heterocycles. The highest BCUT2D eigenvalue weighted by Gasteiger charge is 2.18. The zero-order valence-corrected chi connectivity index (χ0v) is 15.7. The smallest absolute Gasteiger partial charge is 0.410 e. The quantitative estimate of drug-likeness (QED) is 0.365. The zero-order chi connectivity index (χ0) is 18.8. The molecule has 0 aromatic carbocycles. The van der Waals surface area contributed by atoms with Gasteiger partial charge in [-0.1, -0.05) is 30.4 Å². The SMILES string of the molecule is C#CC.C\C=C/C=C\C=C(/C)COC(=O)N(CC)CC(OC)OC. The minimum absolute atomic E-state index is 0.264. The molecule has 0 saturated heterocycles. The second-order valence-electron chi connectivity index (χ2n) is 4.71.